The Bertz CT molecular complexity index is 1010. The highest BCUT2D eigenvalue weighted by Gasteiger charge is 2.30. The molecule has 10 heteroatoms. The van der Waals surface area contributed by atoms with Crippen molar-refractivity contribution in [2.75, 3.05) is 5.32 Å². The largest absolute Gasteiger partial charge is 0.416 e. The Morgan fingerprint density at radius 3 is 2.43 bits per heavy atom. The number of nitro benzene ring substituents is 1. The van der Waals surface area contributed by atoms with E-state index in [0.29, 0.717) is 16.9 Å². The van der Waals surface area contributed by atoms with Crippen LogP contribution in [0.15, 0.2) is 54.6 Å². The molecular weight excluding hydrogens is 397 g/mol. The quantitative estimate of drug-likeness (QED) is 0.350. The van der Waals surface area contributed by atoms with Gasteiger partial charge in [0.1, 0.15) is 11.0 Å². The van der Waals surface area contributed by atoms with Crippen LogP contribution < -0.4 is 5.32 Å². The van der Waals surface area contributed by atoms with E-state index in [1.807, 2.05) is 0 Å². The summed E-state index contributed by atoms with van der Waals surface area (Å²) in [5.74, 6) is 0.490. The second-order valence-electron chi connectivity index (χ2n) is 5.76. The molecule has 0 aliphatic carbocycles. The first-order chi connectivity index (χ1) is 13.2. The summed E-state index contributed by atoms with van der Waals surface area (Å²) >= 11 is 5.99. The normalized spacial score (nSPS) is 11.3. The van der Waals surface area contributed by atoms with Crippen molar-refractivity contribution >= 4 is 23.1 Å². The summed E-state index contributed by atoms with van der Waals surface area (Å²) < 4.78 is 38.1. The number of nitrogens with zero attached hydrogens (tertiary/aromatic N) is 3. The standard InChI is InChI=1S/C18H12ClF3N4O2/c19-15-9-16(23-10-11-2-1-3-14(8-11)26(27)28)25-17(24-15)12-4-6-13(7-5-12)18(20,21)22/h1-9H,10H2,(H,23,24,25). The van der Waals surface area contributed by atoms with Gasteiger partial charge in [-0.05, 0) is 17.7 Å². The monoisotopic (exact) mass is 408 g/mol. The third kappa shape index (κ3) is 4.74. The maximum atomic E-state index is 12.7. The first-order valence-electron chi connectivity index (χ1n) is 7.92. The van der Waals surface area contributed by atoms with E-state index in [1.165, 1.54) is 30.3 Å². The summed E-state index contributed by atoms with van der Waals surface area (Å²) in [7, 11) is 0. The molecule has 0 saturated heterocycles. The average molecular weight is 409 g/mol. The van der Waals surface area contributed by atoms with E-state index in [9.17, 15) is 23.3 Å². The number of anilines is 1. The molecule has 0 aliphatic heterocycles. The van der Waals surface area contributed by atoms with Crippen LogP contribution in [0.2, 0.25) is 5.15 Å². The van der Waals surface area contributed by atoms with Gasteiger partial charge in [-0.3, -0.25) is 10.1 Å². The Hall–Kier alpha value is -3.20. The van der Waals surface area contributed by atoms with Gasteiger partial charge >= 0.3 is 6.18 Å². The molecule has 28 heavy (non-hydrogen) atoms. The lowest BCUT2D eigenvalue weighted by Gasteiger charge is -2.10. The molecule has 144 valence electrons. The molecular formula is C18H12ClF3N4O2. The van der Waals surface area contributed by atoms with Crippen molar-refractivity contribution in [1.29, 1.82) is 0 Å². The van der Waals surface area contributed by atoms with Crippen LogP contribution in [0.1, 0.15) is 11.1 Å². The van der Waals surface area contributed by atoms with Crippen LogP contribution in [-0.2, 0) is 12.7 Å². The molecule has 0 atom stereocenters. The second kappa shape index (κ2) is 7.81. The molecule has 0 saturated carbocycles. The van der Waals surface area contributed by atoms with Gasteiger partial charge < -0.3 is 5.32 Å². The first kappa shape index (κ1) is 19.6. The Morgan fingerprint density at radius 1 is 1.07 bits per heavy atom. The minimum absolute atomic E-state index is 0.0366. The van der Waals surface area contributed by atoms with Gasteiger partial charge in [-0.25, -0.2) is 9.97 Å². The lowest BCUT2D eigenvalue weighted by molar-refractivity contribution is -0.384. The van der Waals surface area contributed by atoms with E-state index in [0.717, 1.165) is 12.1 Å². The van der Waals surface area contributed by atoms with Gasteiger partial charge in [0.15, 0.2) is 5.82 Å². The molecule has 1 aromatic heterocycles. The molecule has 0 amide bonds. The highest BCUT2D eigenvalue weighted by Crippen LogP contribution is 2.30. The lowest BCUT2D eigenvalue weighted by Crippen LogP contribution is -2.05. The first-order valence-corrected chi connectivity index (χ1v) is 8.29. The fourth-order valence-electron chi connectivity index (χ4n) is 2.42. The van der Waals surface area contributed by atoms with E-state index < -0.39 is 16.7 Å². The van der Waals surface area contributed by atoms with Crippen LogP contribution in [0, 0.1) is 10.1 Å². The number of rotatable bonds is 5. The number of halogens is 4. The molecule has 0 unspecified atom stereocenters. The van der Waals surface area contributed by atoms with Crippen molar-refractivity contribution in [2.24, 2.45) is 0 Å². The second-order valence-corrected chi connectivity index (χ2v) is 6.14. The molecule has 1 heterocycles. The predicted molar refractivity (Wildman–Crippen MR) is 97.9 cm³/mol. The van der Waals surface area contributed by atoms with Crippen molar-refractivity contribution in [2.45, 2.75) is 12.7 Å². The summed E-state index contributed by atoms with van der Waals surface area (Å²) in [5, 5.41) is 13.9. The van der Waals surface area contributed by atoms with Gasteiger partial charge in [0.25, 0.3) is 5.69 Å². The van der Waals surface area contributed by atoms with Gasteiger partial charge in [-0.2, -0.15) is 13.2 Å². The highest BCUT2D eigenvalue weighted by molar-refractivity contribution is 6.29. The number of hydrogen-bond donors (Lipinski definition) is 1. The van der Waals surface area contributed by atoms with Gasteiger partial charge in [0.05, 0.1) is 10.5 Å². The van der Waals surface area contributed by atoms with Crippen LogP contribution in [-0.4, -0.2) is 14.9 Å². The smallest absolute Gasteiger partial charge is 0.366 e. The van der Waals surface area contributed by atoms with Crippen molar-refractivity contribution in [1.82, 2.24) is 9.97 Å². The molecule has 0 aliphatic rings. The van der Waals surface area contributed by atoms with Gasteiger partial charge in [0, 0.05) is 30.3 Å². The molecule has 0 spiro atoms. The van der Waals surface area contributed by atoms with Crippen molar-refractivity contribution in [3.05, 3.63) is 81.0 Å². The van der Waals surface area contributed by atoms with Crippen LogP contribution in [0.25, 0.3) is 11.4 Å². The number of hydrogen-bond acceptors (Lipinski definition) is 5. The summed E-state index contributed by atoms with van der Waals surface area (Å²) in [4.78, 5) is 18.6. The Morgan fingerprint density at radius 2 is 1.79 bits per heavy atom. The third-order valence-electron chi connectivity index (χ3n) is 3.76. The fourth-order valence-corrected chi connectivity index (χ4v) is 2.60. The van der Waals surface area contributed by atoms with Crippen LogP contribution in [0.4, 0.5) is 24.7 Å². The SMILES string of the molecule is O=[N+]([O-])c1cccc(CNc2cc(Cl)nc(-c3ccc(C(F)(F)F)cc3)n2)c1. The van der Waals surface area contributed by atoms with Gasteiger partial charge in [0.2, 0.25) is 0 Å². The Kier molecular flexibility index (Phi) is 5.46. The summed E-state index contributed by atoms with van der Waals surface area (Å²) in [6.45, 7) is 0.238. The van der Waals surface area contributed by atoms with E-state index in [1.54, 1.807) is 12.1 Å². The van der Waals surface area contributed by atoms with Crippen LogP contribution >= 0.6 is 11.6 Å². The van der Waals surface area contributed by atoms with Crippen LogP contribution in [0.5, 0.6) is 0 Å². The number of aromatic nitrogens is 2. The molecule has 0 bridgehead atoms. The molecule has 3 aromatic rings. The van der Waals surface area contributed by atoms with E-state index in [4.69, 9.17) is 11.6 Å². The zero-order valence-corrected chi connectivity index (χ0v) is 14.8. The van der Waals surface area contributed by atoms with Crippen molar-refractivity contribution in [3.63, 3.8) is 0 Å². The molecule has 2 aromatic carbocycles. The Balaban J connectivity index is 1.80. The van der Waals surface area contributed by atoms with Gasteiger partial charge in [-0.1, -0.05) is 35.9 Å². The van der Waals surface area contributed by atoms with Gasteiger partial charge in [-0.15, -0.1) is 0 Å². The molecule has 1 N–H and O–H groups in total. The number of non-ortho nitro benzene ring substituents is 1. The number of alkyl halides is 3. The van der Waals surface area contributed by atoms with Crippen molar-refractivity contribution < 1.29 is 18.1 Å². The summed E-state index contributed by atoms with van der Waals surface area (Å²) in [6.07, 6.45) is -4.43. The molecule has 6 nitrogen and oxygen atoms in total. The molecule has 0 radical (unpaired) electrons. The van der Waals surface area contributed by atoms with E-state index in [-0.39, 0.29) is 23.2 Å². The lowest BCUT2D eigenvalue weighted by atomic mass is 10.1. The number of nitro groups is 1. The summed E-state index contributed by atoms with van der Waals surface area (Å²) in [5.41, 5.74) is 0.210. The van der Waals surface area contributed by atoms with Crippen LogP contribution in [0.3, 0.4) is 0 Å². The van der Waals surface area contributed by atoms with E-state index in [2.05, 4.69) is 15.3 Å². The highest BCUT2D eigenvalue weighted by atomic mass is 35.5. The summed E-state index contributed by atoms with van der Waals surface area (Å²) in [6, 6.07) is 11.9. The fraction of sp³-hybridized carbons (Fsp3) is 0.111. The Labute approximate surface area is 162 Å². The topological polar surface area (TPSA) is 81.0 Å². The zero-order valence-electron chi connectivity index (χ0n) is 14.1. The maximum Gasteiger partial charge on any atom is 0.416 e. The van der Waals surface area contributed by atoms with E-state index >= 15 is 0 Å². The zero-order chi connectivity index (χ0) is 20.3. The third-order valence-corrected chi connectivity index (χ3v) is 3.95. The average Bonchev–Trinajstić information content (AvgIpc) is 2.65. The molecule has 3 rings (SSSR count). The number of nitrogens with one attached hydrogen (secondary N) is 1. The maximum absolute atomic E-state index is 12.7. The number of benzene rings is 2. The minimum atomic E-state index is -4.43. The molecule has 0 fully saturated rings. The van der Waals surface area contributed by atoms with Crippen molar-refractivity contribution in [3.8, 4) is 11.4 Å². The minimum Gasteiger partial charge on any atom is -0.366 e. The predicted octanol–water partition coefficient (Wildman–Crippen LogP) is 5.34.